The molecule has 1 aliphatic heterocycles. The second kappa shape index (κ2) is 4.92. The molecule has 20 heavy (non-hydrogen) atoms. The van der Waals surface area contributed by atoms with E-state index in [-0.39, 0.29) is 23.9 Å². The van der Waals surface area contributed by atoms with Crippen molar-refractivity contribution in [2.45, 2.75) is 39.7 Å². The van der Waals surface area contributed by atoms with Crippen molar-refractivity contribution in [3.63, 3.8) is 0 Å². The van der Waals surface area contributed by atoms with E-state index in [1.54, 1.807) is 9.58 Å². The maximum atomic E-state index is 12.6. The fourth-order valence-corrected chi connectivity index (χ4v) is 2.57. The molecule has 0 unspecified atom stereocenters. The van der Waals surface area contributed by atoms with Crippen LogP contribution in [-0.4, -0.2) is 45.1 Å². The highest BCUT2D eigenvalue weighted by Gasteiger charge is 2.36. The highest BCUT2D eigenvalue weighted by Crippen LogP contribution is 2.20. The molecule has 2 heterocycles. The second-order valence-electron chi connectivity index (χ2n) is 6.02. The Kier molecular flexibility index (Phi) is 3.58. The quantitative estimate of drug-likeness (QED) is 0.847. The van der Waals surface area contributed by atoms with Crippen LogP contribution < -0.4 is 5.32 Å². The van der Waals surface area contributed by atoms with Crippen LogP contribution in [0.2, 0.25) is 0 Å². The molecule has 0 atom stereocenters. The molecule has 6 heteroatoms. The highest BCUT2D eigenvalue weighted by molar-refractivity contribution is 5.88. The molecule has 0 aliphatic carbocycles. The molecule has 110 valence electrons. The van der Waals surface area contributed by atoms with Crippen LogP contribution >= 0.6 is 0 Å². The lowest BCUT2D eigenvalue weighted by Gasteiger charge is -2.42. The molecule has 0 bridgehead atoms. The molecular formula is C14H22N4O2. The smallest absolute Gasteiger partial charge is 0.239 e. The monoisotopic (exact) mass is 278 g/mol. The summed E-state index contributed by atoms with van der Waals surface area (Å²) >= 11 is 0. The van der Waals surface area contributed by atoms with Gasteiger partial charge in [0.1, 0.15) is 6.54 Å². The van der Waals surface area contributed by atoms with Gasteiger partial charge in [-0.25, -0.2) is 0 Å². The summed E-state index contributed by atoms with van der Waals surface area (Å²) in [6, 6.07) is 0. The first kappa shape index (κ1) is 14.6. The Morgan fingerprint density at radius 1 is 1.40 bits per heavy atom. The standard InChI is InChI=1S/C14H22N4O2/c1-9-11(10(2)17(5)16-9)6-13(20)18-7-12(19)15-8-14(18,3)4/h6-8H2,1-5H3,(H,15,19). The van der Waals surface area contributed by atoms with Gasteiger partial charge < -0.3 is 10.2 Å². The fraction of sp³-hybridized carbons (Fsp3) is 0.643. The fourth-order valence-electron chi connectivity index (χ4n) is 2.57. The maximum Gasteiger partial charge on any atom is 0.239 e. The van der Waals surface area contributed by atoms with E-state index in [1.807, 2.05) is 34.7 Å². The molecule has 2 amide bonds. The van der Waals surface area contributed by atoms with E-state index in [4.69, 9.17) is 0 Å². The first-order valence-corrected chi connectivity index (χ1v) is 6.78. The minimum Gasteiger partial charge on any atom is -0.352 e. The molecule has 1 saturated heterocycles. The van der Waals surface area contributed by atoms with E-state index in [0.29, 0.717) is 13.0 Å². The van der Waals surface area contributed by atoms with Crippen molar-refractivity contribution < 1.29 is 9.59 Å². The van der Waals surface area contributed by atoms with Gasteiger partial charge in [0.25, 0.3) is 0 Å². The summed E-state index contributed by atoms with van der Waals surface area (Å²) < 4.78 is 1.78. The van der Waals surface area contributed by atoms with Gasteiger partial charge in [0, 0.05) is 24.8 Å². The molecule has 0 radical (unpaired) electrons. The summed E-state index contributed by atoms with van der Waals surface area (Å²) in [6.07, 6.45) is 0.294. The van der Waals surface area contributed by atoms with Crippen LogP contribution in [0.3, 0.4) is 0 Å². The van der Waals surface area contributed by atoms with Crippen molar-refractivity contribution >= 4 is 11.8 Å². The van der Waals surface area contributed by atoms with Crippen molar-refractivity contribution in [2.75, 3.05) is 13.1 Å². The van der Waals surface area contributed by atoms with Crippen LogP contribution in [0.5, 0.6) is 0 Å². The number of nitrogens with one attached hydrogen (secondary N) is 1. The Balaban J connectivity index is 2.20. The van der Waals surface area contributed by atoms with E-state index in [0.717, 1.165) is 17.0 Å². The van der Waals surface area contributed by atoms with Crippen LogP contribution in [0, 0.1) is 13.8 Å². The van der Waals surface area contributed by atoms with Gasteiger partial charge in [-0.2, -0.15) is 5.10 Å². The lowest BCUT2D eigenvalue weighted by Crippen LogP contribution is -2.62. The number of hydrogen-bond acceptors (Lipinski definition) is 3. The van der Waals surface area contributed by atoms with Crippen LogP contribution in [0.1, 0.15) is 30.8 Å². The lowest BCUT2D eigenvalue weighted by atomic mass is 9.98. The average Bonchev–Trinajstić information content (AvgIpc) is 2.59. The topological polar surface area (TPSA) is 67.2 Å². The molecular weight excluding hydrogens is 256 g/mol. The summed E-state index contributed by atoms with van der Waals surface area (Å²) in [5, 5.41) is 7.13. The molecule has 0 aromatic carbocycles. The number of nitrogens with zero attached hydrogens (tertiary/aromatic N) is 3. The van der Waals surface area contributed by atoms with Gasteiger partial charge >= 0.3 is 0 Å². The van der Waals surface area contributed by atoms with Crippen molar-refractivity contribution in [1.82, 2.24) is 20.0 Å². The normalized spacial score (nSPS) is 18.1. The summed E-state index contributed by atoms with van der Waals surface area (Å²) in [5.41, 5.74) is 2.47. The third-order valence-corrected chi connectivity index (χ3v) is 4.04. The summed E-state index contributed by atoms with van der Waals surface area (Å²) in [5.74, 6) is -0.124. The van der Waals surface area contributed by atoms with E-state index >= 15 is 0 Å². The number of amides is 2. The number of aromatic nitrogens is 2. The number of carbonyl (C=O) groups excluding carboxylic acids is 2. The zero-order valence-electron chi connectivity index (χ0n) is 12.8. The van der Waals surface area contributed by atoms with Crippen LogP contribution in [0.25, 0.3) is 0 Å². The zero-order chi connectivity index (χ0) is 15.1. The third kappa shape index (κ3) is 2.55. The Bertz CT molecular complexity index is 560. The highest BCUT2D eigenvalue weighted by atomic mass is 16.2. The van der Waals surface area contributed by atoms with Crippen molar-refractivity contribution in [1.29, 1.82) is 0 Å². The van der Waals surface area contributed by atoms with E-state index < -0.39 is 0 Å². The van der Waals surface area contributed by atoms with Crippen molar-refractivity contribution in [2.24, 2.45) is 7.05 Å². The van der Waals surface area contributed by atoms with Gasteiger partial charge in [-0.15, -0.1) is 0 Å². The second-order valence-corrected chi connectivity index (χ2v) is 6.02. The first-order chi connectivity index (χ1) is 9.22. The molecule has 0 saturated carbocycles. The number of aryl methyl sites for hydroxylation is 2. The molecule has 1 N–H and O–H groups in total. The Morgan fingerprint density at radius 2 is 2.05 bits per heavy atom. The predicted molar refractivity (Wildman–Crippen MR) is 75.2 cm³/mol. The average molecular weight is 278 g/mol. The Morgan fingerprint density at radius 3 is 2.60 bits per heavy atom. The maximum absolute atomic E-state index is 12.6. The number of piperazine rings is 1. The van der Waals surface area contributed by atoms with E-state index in [9.17, 15) is 9.59 Å². The third-order valence-electron chi connectivity index (χ3n) is 4.04. The van der Waals surface area contributed by atoms with Gasteiger partial charge in [0.15, 0.2) is 0 Å². The van der Waals surface area contributed by atoms with Crippen LogP contribution in [0.4, 0.5) is 0 Å². The van der Waals surface area contributed by atoms with Crippen molar-refractivity contribution in [3.05, 3.63) is 17.0 Å². The summed E-state index contributed by atoms with van der Waals surface area (Å²) in [6.45, 7) is 8.41. The van der Waals surface area contributed by atoms with Crippen LogP contribution in [0.15, 0.2) is 0 Å². The number of hydrogen-bond donors (Lipinski definition) is 1. The molecule has 1 aliphatic rings. The molecule has 0 spiro atoms. The first-order valence-electron chi connectivity index (χ1n) is 6.78. The van der Waals surface area contributed by atoms with Gasteiger partial charge in [-0.1, -0.05) is 0 Å². The predicted octanol–water partition coefficient (Wildman–Crippen LogP) is 0.316. The lowest BCUT2D eigenvalue weighted by molar-refractivity contribution is -0.144. The molecule has 1 fully saturated rings. The molecule has 1 aromatic rings. The zero-order valence-corrected chi connectivity index (χ0v) is 12.8. The van der Waals surface area contributed by atoms with Gasteiger partial charge in [-0.05, 0) is 27.7 Å². The summed E-state index contributed by atoms with van der Waals surface area (Å²) in [7, 11) is 1.87. The largest absolute Gasteiger partial charge is 0.352 e. The Hall–Kier alpha value is -1.85. The minimum absolute atomic E-state index is 0.0240. The van der Waals surface area contributed by atoms with Gasteiger partial charge in [0.2, 0.25) is 11.8 Å². The molecule has 1 aromatic heterocycles. The van der Waals surface area contributed by atoms with Crippen molar-refractivity contribution in [3.8, 4) is 0 Å². The van der Waals surface area contributed by atoms with E-state index in [1.165, 1.54) is 0 Å². The summed E-state index contributed by atoms with van der Waals surface area (Å²) in [4.78, 5) is 25.8. The molecule has 2 rings (SSSR count). The number of carbonyl (C=O) groups is 2. The van der Waals surface area contributed by atoms with Gasteiger partial charge in [-0.3, -0.25) is 14.3 Å². The van der Waals surface area contributed by atoms with E-state index in [2.05, 4.69) is 10.4 Å². The SMILES string of the molecule is Cc1nn(C)c(C)c1CC(=O)N1CC(=O)NCC1(C)C. The molecule has 6 nitrogen and oxygen atoms in total. The van der Waals surface area contributed by atoms with Gasteiger partial charge in [0.05, 0.1) is 17.7 Å². The Labute approximate surface area is 119 Å². The minimum atomic E-state index is -0.352. The van der Waals surface area contributed by atoms with Crippen LogP contribution in [-0.2, 0) is 23.1 Å². The number of rotatable bonds is 2.